The van der Waals surface area contributed by atoms with Gasteiger partial charge >= 0.3 is 0 Å². The first-order valence-electron chi connectivity index (χ1n) is 2.98. The minimum absolute atomic E-state index is 0.686. The molecule has 0 atom stereocenters. The van der Waals surface area contributed by atoms with Crippen molar-refractivity contribution in [3.05, 3.63) is 39.3 Å². The second-order valence-electron chi connectivity index (χ2n) is 1.94. The lowest BCUT2D eigenvalue weighted by Gasteiger charge is -1.97. The van der Waals surface area contributed by atoms with E-state index in [9.17, 15) is 0 Å². The van der Waals surface area contributed by atoms with Gasteiger partial charge in [0, 0.05) is 0 Å². The molecule has 0 unspecified atom stereocenters. The molecule has 0 aromatic heterocycles. The van der Waals surface area contributed by atoms with E-state index < -0.39 is 0 Å². The first kappa shape index (κ1) is 9.30. The Balaban J connectivity index is 3.04. The molecule has 1 aromatic rings. The predicted molar refractivity (Wildman–Crippen MR) is 57.1 cm³/mol. The molecule has 3 heteroatoms. The maximum Gasteiger partial charge on any atom is 0.0796 e. The van der Waals surface area contributed by atoms with Crippen LogP contribution in [0.4, 0.5) is 0 Å². The van der Waals surface area contributed by atoms with Gasteiger partial charge in [-0.2, -0.15) is 0 Å². The second kappa shape index (κ2) is 4.29. The van der Waals surface area contributed by atoms with Crippen molar-refractivity contribution < 1.29 is 0 Å². The van der Waals surface area contributed by atoms with Gasteiger partial charge in [0.25, 0.3) is 0 Å². The Bertz CT molecular complexity index is 263. The molecule has 0 amide bonds. The molecule has 0 aliphatic carbocycles. The molecule has 0 saturated carbocycles. The van der Waals surface area contributed by atoms with Gasteiger partial charge in [0.2, 0.25) is 0 Å². The molecular formula is C8H5Br2Cl. The summed E-state index contributed by atoms with van der Waals surface area (Å²) in [4.78, 5) is 0. The smallest absolute Gasteiger partial charge is 0.0796 e. The van der Waals surface area contributed by atoms with Crippen LogP contribution in [0.25, 0.3) is 5.03 Å². The molecule has 11 heavy (non-hydrogen) atoms. The highest BCUT2D eigenvalue weighted by molar-refractivity contribution is 9.28. The molecule has 1 aromatic carbocycles. The Kier molecular flexibility index (Phi) is 3.63. The summed E-state index contributed by atoms with van der Waals surface area (Å²) in [5.74, 6) is 0. The van der Waals surface area contributed by atoms with Crippen LogP contribution in [0.2, 0.25) is 0 Å². The Morgan fingerprint density at radius 3 is 2.09 bits per heavy atom. The average molecular weight is 296 g/mol. The molecule has 0 fully saturated rings. The number of hydrogen-bond donors (Lipinski definition) is 0. The fourth-order valence-corrected chi connectivity index (χ4v) is 1.28. The number of hydrogen-bond acceptors (Lipinski definition) is 0. The molecule has 0 N–H and O–H groups in total. The van der Waals surface area contributed by atoms with Gasteiger partial charge in [0.1, 0.15) is 0 Å². The molecule has 0 radical (unpaired) electrons. The van der Waals surface area contributed by atoms with Crippen LogP contribution >= 0.6 is 43.5 Å². The fraction of sp³-hybridized carbons (Fsp3) is 0. The lowest BCUT2D eigenvalue weighted by atomic mass is 10.2. The summed E-state index contributed by atoms with van der Waals surface area (Å²) in [6.45, 7) is 0. The van der Waals surface area contributed by atoms with Crippen LogP contribution in [0.15, 0.2) is 33.7 Å². The van der Waals surface area contributed by atoms with Crippen molar-refractivity contribution in [2.45, 2.75) is 0 Å². The van der Waals surface area contributed by atoms with E-state index in [1.807, 2.05) is 30.3 Å². The van der Waals surface area contributed by atoms with E-state index in [1.165, 1.54) is 0 Å². The Morgan fingerprint density at radius 1 is 1.09 bits per heavy atom. The molecule has 0 saturated heterocycles. The van der Waals surface area contributed by atoms with Crippen LogP contribution in [-0.4, -0.2) is 0 Å². The molecule has 0 bridgehead atoms. The first-order valence-corrected chi connectivity index (χ1v) is 4.94. The lowest BCUT2D eigenvalue weighted by molar-refractivity contribution is 1.65. The molecular weight excluding hydrogens is 291 g/mol. The first-order chi connectivity index (χ1) is 5.22. The van der Waals surface area contributed by atoms with Gasteiger partial charge in [-0.15, -0.1) is 0 Å². The molecule has 0 aliphatic rings. The monoisotopic (exact) mass is 294 g/mol. The van der Waals surface area contributed by atoms with Crippen molar-refractivity contribution in [1.82, 2.24) is 0 Å². The van der Waals surface area contributed by atoms with E-state index >= 15 is 0 Å². The van der Waals surface area contributed by atoms with Gasteiger partial charge in [0.05, 0.1) is 8.42 Å². The standard InChI is InChI=1S/C8H5Br2Cl/c9-8(10)7(11)6-4-2-1-3-5-6/h1-5H. The fourth-order valence-electron chi connectivity index (χ4n) is 0.694. The van der Waals surface area contributed by atoms with Gasteiger partial charge in [-0.3, -0.25) is 0 Å². The maximum atomic E-state index is 5.93. The minimum atomic E-state index is 0.686. The van der Waals surface area contributed by atoms with Crippen molar-refractivity contribution in [3.8, 4) is 0 Å². The van der Waals surface area contributed by atoms with E-state index in [4.69, 9.17) is 11.6 Å². The van der Waals surface area contributed by atoms with Crippen molar-refractivity contribution in [2.24, 2.45) is 0 Å². The van der Waals surface area contributed by atoms with Crippen molar-refractivity contribution >= 4 is 48.5 Å². The zero-order valence-electron chi connectivity index (χ0n) is 5.52. The van der Waals surface area contributed by atoms with E-state index in [-0.39, 0.29) is 0 Å². The van der Waals surface area contributed by atoms with Gasteiger partial charge < -0.3 is 0 Å². The zero-order chi connectivity index (χ0) is 8.27. The van der Waals surface area contributed by atoms with E-state index in [2.05, 4.69) is 31.9 Å². The van der Waals surface area contributed by atoms with Crippen LogP contribution in [0.3, 0.4) is 0 Å². The number of rotatable bonds is 1. The quantitative estimate of drug-likeness (QED) is 0.723. The van der Waals surface area contributed by atoms with Crippen molar-refractivity contribution in [3.63, 3.8) is 0 Å². The van der Waals surface area contributed by atoms with Crippen LogP contribution < -0.4 is 0 Å². The Hall–Kier alpha value is 0.210. The summed E-state index contributed by atoms with van der Waals surface area (Å²) in [6.07, 6.45) is 0. The van der Waals surface area contributed by atoms with E-state index in [0.29, 0.717) is 5.03 Å². The summed E-state index contributed by atoms with van der Waals surface area (Å²) in [5, 5.41) is 0.686. The van der Waals surface area contributed by atoms with Crippen molar-refractivity contribution in [1.29, 1.82) is 0 Å². The molecule has 1 rings (SSSR count). The molecule has 0 aliphatic heterocycles. The van der Waals surface area contributed by atoms with Gasteiger partial charge in [-0.1, -0.05) is 41.9 Å². The average Bonchev–Trinajstić information content (AvgIpc) is 2.05. The maximum absolute atomic E-state index is 5.93. The van der Waals surface area contributed by atoms with Crippen LogP contribution in [0, 0.1) is 0 Å². The summed E-state index contributed by atoms with van der Waals surface area (Å²) < 4.78 is 0.776. The van der Waals surface area contributed by atoms with Gasteiger partial charge in [0.15, 0.2) is 0 Å². The minimum Gasteiger partial charge on any atom is -0.0819 e. The molecule has 0 nitrogen and oxygen atoms in total. The van der Waals surface area contributed by atoms with Crippen molar-refractivity contribution in [2.75, 3.05) is 0 Å². The van der Waals surface area contributed by atoms with E-state index in [0.717, 1.165) is 8.96 Å². The number of halogens is 3. The SMILES string of the molecule is ClC(=C(Br)Br)c1ccccc1. The van der Waals surface area contributed by atoms with Crippen LogP contribution in [0.5, 0.6) is 0 Å². The third-order valence-corrected chi connectivity index (χ3v) is 2.85. The topological polar surface area (TPSA) is 0 Å². The highest BCUT2D eigenvalue weighted by Gasteiger charge is 1.99. The summed E-state index contributed by atoms with van der Waals surface area (Å²) in [6, 6.07) is 9.74. The van der Waals surface area contributed by atoms with Crippen LogP contribution in [0.1, 0.15) is 5.56 Å². The zero-order valence-corrected chi connectivity index (χ0v) is 9.45. The lowest BCUT2D eigenvalue weighted by Crippen LogP contribution is -1.74. The normalized spacial score (nSPS) is 9.36. The third-order valence-electron chi connectivity index (χ3n) is 1.19. The van der Waals surface area contributed by atoms with E-state index in [1.54, 1.807) is 0 Å². The summed E-state index contributed by atoms with van der Waals surface area (Å²) >= 11 is 12.4. The number of benzene rings is 1. The molecule has 0 heterocycles. The predicted octanol–water partition coefficient (Wildman–Crippen LogP) is 4.34. The largest absolute Gasteiger partial charge is 0.0819 e. The Labute approximate surface area is 87.5 Å². The second-order valence-corrected chi connectivity index (χ2v) is 4.97. The van der Waals surface area contributed by atoms with Crippen LogP contribution in [-0.2, 0) is 0 Å². The molecule has 0 spiro atoms. The summed E-state index contributed by atoms with van der Waals surface area (Å²) in [5.41, 5.74) is 0.998. The van der Waals surface area contributed by atoms with Gasteiger partial charge in [-0.25, -0.2) is 0 Å². The third kappa shape index (κ3) is 2.62. The van der Waals surface area contributed by atoms with Gasteiger partial charge in [-0.05, 0) is 37.4 Å². The summed E-state index contributed by atoms with van der Waals surface area (Å²) in [7, 11) is 0. The highest BCUT2D eigenvalue weighted by Crippen LogP contribution is 2.29. The Morgan fingerprint density at radius 2 is 1.64 bits per heavy atom. The highest BCUT2D eigenvalue weighted by atomic mass is 79.9. The molecule has 58 valence electrons.